The van der Waals surface area contributed by atoms with Crippen molar-refractivity contribution in [3.05, 3.63) is 261 Å². The lowest BCUT2D eigenvalue weighted by Crippen LogP contribution is -2.11. The molecule has 0 amide bonds. The first-order valence-electron chi connectivity index (χ1n) is 23.3. The molecule has 0 unspecified atom stereocenters. The molecule has 0 atom stereocenters. The van der Waals surface area contributed by atoms with Gasteiger partial charge < -0.3 is 4.90 Å². The standard InChI is InChI=1S/C66H43NS/c1-2-15-46(16-3-1)57-39-34-53(63-42-52-18-6-7-21-56(52)59-22-8-9-23-60(59)63)43-64(57)67(55-37-32-47(33-38-55)58-25-13-26-62-61-24-10-11-27-65(61)68-66(58)62)54-35-30-45(31-36-54)49-19-12-20-50(40-49)51-29-28-44-14-4-5-17-48(44)41-51/h1-43H. The van der Waals surface area contributed by atoms with E-state index >= 15 is 0 Å². The van der Waals surface area contributed by atoms with E-state index in [9.17, 15) is 0 Å². The van der Waals surface area contributed by atoms with Gasteiger partial charge in [0.25, 0.3) is 0 Å². The maximum Gasteiger partial charge on any atom is 0.0546 e. The zero-order valence-corrected chi connectivity index (χ0v) is 38.0. The van der Waals surface area contributed by atoms with Gasteiger partial charge in [-0.25, -0.2) is 0 Å². The number of nitrogens with zero attached hydrogens (tertiary/aromatic N) is 1. The van der Waals surface area contributed by atoms with Gasteiger partial charge in [-0.1, -0.05) is 206 Å². The Hall–Kier alpha value is -8.56. The monoisotopic (exact) mass is 881 g/mol. The highest BCUT2D eigenvalue weighted by molar-refractivity contribution is 7.26. The highest BCUT2D eigenvalue weighted by Gasteiger charge is 2.21. The molecule has 0 bridgehead atoms. The Balaban J connectivity index is 0.976. The first kappa shape index (κ1) is 39.8. The average molecular weight is 882 g/mol. The van der Waals surface area contributed by atoms with E-state index in [0.717, 1.165) is 28.2 Å². The summed E-state index contributed by atoms with van der Waals surface area (Å²) in [6.45, 7) is 0. The number of thiophene rings is 1. The average Bonchev–Trinajstić information content (AvgIpc) is 3.80. The van der Waals surface area contributed by atoms with Crippen molar-refractivity contribution in [1.82, 2.24) is 0 Å². The zero-order chi connectivity index (χ0) is 45.0. The lowest BCUT2D eigenvalue weighted by atomic mass is 9.91. The Kier molecular flexibility index (Phi) is 9.77. The largest absolute Gasteiger partial charge is 0.310 e. The van der Waals surface area contributed by atoms with Gasteiger partial charge in [0.2, 0.25) is 0 Å². The molecule has 318 valence electrons. The molecule has 0 saturated heterocycles. The summed E-state index contributed by atoms with van der Waals surface area (Å²) >= 11 is 1.88. The van der Waals surface area contributed by atoms with Crippen LogP contribution in [0.1, 0.15) is 0 Å². The lowest BCUT2D eigenvalue weighted by molar-refractivity contribution is 1.28. The SMILES string of the molecule is c1ccc(-c2ccc(-c3cc4ccccc4c4ccccc34)cc2N(c2ccc(-c3cccc(-c4ccc5ccccc5c4)c3)cc2)c2ccc(-c3cccc4c3sc3ccccc34)cc2)cc1. The second-order valence-electron chi connectivity index (χ2n) is 17.6. The number of hydrogen-bond acceptors (Lipinski definition) is 2. The summed E-state index contributed by atoms with van der Waals surface area (Å²) in [4.78, 5) is 2.45. The van der Waals surface area contributed by atoms with E-state index in [1.54, 1.807) is 0 Å². The second-order valence-corrected chi connectivity index (χ2v) is 18.7. The third kappa shape index (κ3) is 7.02. The van der Waals surface area contributed by atoms with Crippen molar-refractivity contribution in [3.63, 3.8) is 0 Å². The van der Waals surface area contributed by atoms with Gasteiger partial charge >= 0.3 is 0 Å². The Bertz CT molecular complexity index is 4010. The first-order chi connectivity index (χ1) is 33.7. The summed E-state index contributed by atoms with van der Waals surface area (Å²) in [5, 5.41) is 10.1. The predicted octanol–water partition coefficient (Wildman–Crippen LogP) is 19.3. The van der Waals surface area contributed by atoms with Gasteiger partial charge in [-0.15, -0.1) is 11.3 Å². The smallest absolute Gasteiger partial charge is 0.0546 e. The van der Waals surface area contributed by atoms with Gasteiger partial charge in [-0.3, -0.25) is 0 Å². The highest BCUT2D eigenvalue weighted by atomic mass is 32.1. The fourth-order valence-corrected chi connectivity index (χ4v) is 11.5. The summed E-state index contributed by atoms with van der Waals surface area (Å²) in [7, 11) is 0. The molecular weight excluding hydrogens is 839 g/mol. The van der Waals surface area contributed by atoms with E-state index < -0.39 is 0 Å². The van der Waals surface area contributed by atoms with Crippen LogP contribution in [-0.4, -0.2) is 0 Å². The van der Waals surface area contributed by atoms with Crippen LogP contribution in [-0.2, 0) is 0 Å². The number of anilines is 3. The van der Waals surface area contributed by atoms with Crippen molar-refractivity contribution >= 4 is 80.9 Å². The van der Waals surface area contributed by atoms with Gasteiger partial charge in [-0.2, -0.15) is 0 Å². The van der Waals surface area contributed by atoms with Crippen LogP contribution in [0.3, 0.4) is 0 Å². The minimum Gasteiger partial charge on any atom is -0.310 e. The first-order valence-corrected chi connectivity index (χ1v) is 24.1. The van der Waals surface area contributed by atoms with Crippen LogP contribution in [0.15, 0.2) is 261 Å². The Morgan fingerprint density at radius 3 is 1.59 bits per heavy atom. The number of fused-ring (bicyclic) bond motifs is 7. The molecule has 0 aliphatic heterocycles. The maximum absolute atomic E-state index is 2.45. The third-order valence-corrected chi connectivity index (χ3v) is 14.9. The normalized spacial score (nSPS) is 11.5. The fraction of sp³-hybridized carbons (Fsp3) is 0. The third-order valence-electron chi connectivity index (χ3n) is 13.6. The Morgan fingerprint density at radius 2 is 0.794 bits per heavy atom. The van der Waals surface area contributed by atoms with Crippen LogP contribution in [0.25, 0.3) is 108 Å². The molecular formula is C66H43NS. The van der Waals surface area contributed by atoms with Crippen LogP contribution in [0.4, 0.5) is 17.1 Å². The van der Waals surface area contributed by atoms with Crippen molar-refractivity contribution in [2.24, 2.45) is 0 Å². The molecule has 0 radical (unpaired) electrons. The van der Waals surface area contributed by atoms with Crippen LogP contribution >= 0.6 is 11.3 Å². The second kappa shape index (κ2) is 16.7. The van der Waals surface area contributed by atoms with Crippen molar-refractivity contribution in [3.8, 4) is 55.6 Å². The molecule has 0 aliphatic rings. The molecule has 0 spiro atoms. The molecule has 12 aromatic carbocycles. The predicted molar refractivity (Wildman–Crippen MR) is 294 cm³/mol. The van der Waals surface area contributed by atoms with Crippen LogP contribution < -0.4 is 4.90 Å². The molecule has 68 heavy (non-hydrogen) atoms. The maximum atomic E-state index is 2.45. The molecule has 1 nitrogen and oxygen atoms in total. The topological polar surface area (TPSA) is 3.24 Å². The van der Waals surface area contributed by atoms with E-state index in [1.165, 1.54) is 97.0 Å². The van der Waals surface area contributed by atoms with E-state index in [-0.39, 0.29) is 0 Å². The van der Waals surface area contributed by atoms with E-state index in [0.29, 0.717) is 0 Å². The minimum absolute atomic E-state index is 1.08. The van der Waals surface area contributed by atoms with Gasteiger partial charge in [0, 0.05) is 37.1 Å². The minimum atomic E-state index is 1.08. The van der Waals surface area contributed by atoms with Gasteiger partial charge in [0.1, 0.15) is 0 Å². The van der Waals surface area contributed by atoms with Gasteiger partial charge in [0.05, 0.1) is 5.69 Å². The van der Waals surface area contributed by atoms with Crippen molar-refractivity contribution in [2.75, 3.05) is 4.90 Å². The number of hydrogen-bond donors (Lipinski definition) is 0. The van der Waals surface area contributed by atoms with Crippen molar-refractivity contribution < 1.29 is 0 Å². The van der Waals surface area contributed by atoms with Gasteiger partial charge in [0.15, 0.2) is 0 Å². The van der Waals surface area contributed by atoms with E-state index in [1.807, 2.05) is 11.3 Å². The summed E-state index contributed by atoms with van der Waals surface area (Å²) < 4.78 is 2.63. The highest BCUT2D eigenvalue weighted by Crippen LogP contribution is 2.46. The van der Waals surface area contributed by atoms with Crippen LogP contribution in [0.2, 0.25) is 0 Å². The number of benzene rings is 12. The summed E-state index contributed by atoms with van der Waals surface area (Å²) in [6, 6.07) is 95.9. The summed E-state index contributed by atoms with van der Waals surface area (Å²) in [5.41, 5.74) is 15.2. The number of rotatable bonds is 8. The summed E-state index contributed by atoms with van der Waals surface area (Å²) in [5.74, 6) is 0. The molecule has 1 aromatic heterocycles. The van der Waals surface area contributed by atoms with Crippen LogP contribution in [0.5, 0.6) is 0 Å². The Labute approximate surface area is 400 Å². The van der Waals surface area contributed by atoms with Crippen molar-refractivity contribution in [2.45, 2.75) is 0 Å². The molecule has 2 heteroatoms. The van der Waals surface area contributed by atoms with Crippen molar-refractivity contribution in [1.29, 1.82) is 0 Å². The van der Waals surface area contributed by atoms with Gasteiger partial charge in [-0.05, 0) is 137 Å². The molecule has 0 aliphatic carbocycles. The molecule has 13 rings (SSSR count). The van der Waals surface area contributed by atoms with Crippen LogP contribution in [0, 0.1) is 0 Å². The molecule has 13 aromatic rings. The lowest BCUT2D eigenvalue weighted by Gasteiger charge is -2.29. The Morgan fingerprint density at radius 1 is 0.250 bits per heavy atom. The fourth-order valence-electron chi connectivity index (χ4n) is 10.3. The molecule has 0 N–H and O–H groups in total. The summed E-state index contributed by atoms with van der Waals surface area (Å²) in [6.07, 6.45) is 0. The zero-order valence-electron chi connectivity index (χ0n) is 37.2. The van der Waals surface area contributed by atoms with E-state index in [4.69, 9.17) is 0 Å². The molecule has 1 heterocycles. The molecule has 0 fully saturated rings. The molecule has 0 saturated carbocycles. The van der Waals surface area contributed by atoms with E-state index in [2.05, 4.69) is 266 Å². The quantitative estimate of drug-likeness (QED) is 0.137.